The molecule has 14 rings (SSSR count). The summed E-state index contributed by atoms with van der Waals surface area (Å²) >= 11 is 0. The van der Waals surface area contributed by atoms with E-state index in [1.165, 1.54) is 122 Å². The van der Waals surface area contributed by atoms with Gasteiger partial charge in [-0.3, -0.25) is 0 Å². The van der Waals surface area contributed by atoms with Gasteiger partial charge in [0.2, 0.25) is 0 Å². The van der Waals surface area contributed by atoms with Crippen LogP contribution in [0, 0.1) is 34.5 Å². The van der Waals surface area contributed by atoms with Crippen molar-refractivity contribution in [3.63, 3.8) is 0 Å². The third kappa shape index (κ3) is 7.32. The van der Waals surface area contributed by atoms with Gasteiger partial charge >= 0.3 is 0 Å². The van der Waals surface area contributed by atoms with Gasteiger partial charge in [0.1, 0.15) is 0 Å². The molecule has 0 aliphatic heterocycles. The Labute approximate surface area is 382 Å². The van der Waals surface area contributed by atoms with Crippen LogP contribution in [0.2, 0.25) is 0 Å². The summed E-state index contributed by atoms with van der Waals surface area (Å²) in [5.41, 5.74) is 15.0. The van der Waals surface area contributed by atoms with Crippen molar-refractivity contribution in [1.29, 1.82) is 0 Å². The van der Waals surface area contributed by atoms with Gasteiger partial charge in [0.05, 0.1) is 0 Å². The summed E-state index contributed by atoms with van der Waals surface area (Å²) in [6.45, 7) is 0. The Bertz CT molecular complexity index is 2530. The van der Waals surface area contributed by atoms with E-state index in [-0.39, 0.29) is 10.8 Å². The Balaban J connectivity index is 0.903. The highest BCUT2D eigenvalue weighted by Crippen LogP contribution is 2.79. The minimum absolute atomic E-state index is 0.278. The van der Waals surface area contributed by atoms with Gasteiger partial charge in [-0.15, -0.1) is 0 Å². The number of benzene rings is 6. The highest BCUT2D eigenvalue weighted by Gasteiger charge is 2.70. The largest absolute Gasteiger partial charge is 0.0622 e. The Kier molecular flexibility index (Phi) is 10.00. The van der Waals surface area contributed by atoms with Crippen molar-refractivity contribution in [3.8, 4) is 0 Å². The maximum atomic E-state index is 2.64. The van der Waals surface area contributed by atoms with Crippen molar-refractivity contribution < 1.29 is 0 Å². The van der Waals surface area contributed by atoms with Gasteiger partial charge in [-0.1, -0.05) is 206 Å². The van der Waals surface area contributed by atoms with E-state index >= 15 is 0 Å². The molecule has 8 bridgehead atoms. The maximum absolute atomic E-state index is 2.64. The molecule has 0 spiro atoms. The second-order valence-electron chi connectivity index (χ2n) is 21.7. The normalized spacial score (nSPS) is 31.3. The first-order valence-electron chi connectivity index (χ1n) is 24.7. The molecule has 318 valence electrons. The summed E-state index contributed by atoms with van der Waals surface area (Å²) in [4.78, 5) is 0. The monoisotopic (exact) mass is 830 g/mol. The van der Waals surface area contributed by atoms with Crippen LogP contribution in [0.4, 0.5) is 0 Å². The standard InChI is InChI=1S/C64H62/c1-5-13-47(14-6-1)21-25-55-29-31-59(35-57(55)27-23-49-17-9-3-10-18-49)61-37-51-33-52(38-61)42-63(41-51,45-61)64-43-53-34-54(44-64)40-62(39-53,46-64)60-32-30-56(26-22-48-15-7-2-8-16-48)58(36-60)28-24-50-19-11-4-12-20-50/h1-32,35-36,51-54H,33-34,37-46H2. The average Bonchev–Trinajstić information content (AvgIpc) is 3.32. The van der Waals surface area contributed by atoms with Crippen LogP contribution in [0.1, 0.15) is 133 Å². The molecule has 8 fully saturated rings. The molecule has 6 aromatic rings. The summed E-state index contributed by atoms with van der Waals surface area (Å²) in [6, 6.07) is 58.7. The molecule has 0 heteroatoms. The van der Waals surface area contributed by atoms with Crippen molar-refractivity contribution >= 4 is 48.6 Å². The fourth-order valence-electron chi connectivity index (χ4n) is 15.8. The summed E-state index contributed by atoms with van der Waals surface area (Å²) in [5, 5.41) is 0. The van der Waals surface area contributed by atoms with Crippen molar-refractivity contribution in [2.45, 2.75) is 87.9 Å². The molecule has 0 radical (unpaired) electrons. The second kappa shape index (κ2) is 16.1. The van der Waals surface area contributed by atoms with E-state index in [1.54, 1.807) is 11.1 Å². The van der Waals surface area contributed by atoms with Crippen LogP contribution in [-0.2, 0) is 10.8 Å². The van der Waals surface area contributed by atoms with Crippen LogP contribution < -0.4 is 0 Å². The maximum Gasteiger partial charge on any atom is -0.00360 e. The smallest absolute Gasteiger partial charge is 0.00360 e. The molecule has 0 heterocycles. The molecule has 64 heavy (non-hydrogen) atoms. The van der Waals surface area contributed by atoms with Gasteiger partial charge in [0.15, 0.2) is 0 Å². The highest BCUT2D eigenvalue weighted by atomic mass is 14.7. The summed E-state index contributed by atoms with van der Waals surface area (Å²) in [7, 11) is 0. The zero-order valence-corrected chi connectivity index (χ0v) is 37.4. The predicted molar refractivity (Wildman–Crippen MR) is 272 cm³/mol. The van der Waals surface area contributed by atoms with E-state index in [2.05, 4.69) is 206 Å². The minimum atomic E-state index is 0.278. The van der Waals surface area contributed by atoms with E-state index in [0.29, 0.717) is 10.8 Å². The lowest BCUT2D eigenvalue weighted by Gasteiger charge is -2.74. The van der Waals surface area contributed by atoms with Gasteiger partial charge in [-0.05, 0) is 178 Å². The number of rotatable bonds is 11. The van der Waals surface area contributed by atoms with Crippen LogP contribution in [0.15, 0.2) is 158 Å². The van der Waals surface area contributed by atoms with Crippen molar-refractivity contribution in [2.24, 2.45) is 34.5 Å². The Morgan fingerprint density at radius 1 is 0.297 bits per heavy atom. The Hall–Kier alpha value is -5.72. The van der Waals surface area contributed by atoms with Gasteiger partial charge < -0.3 is 0 Å². The van der Waals surface area contributed by atoms with E-state index in [1.807, 2.05) is 0 Å². The third-order valence-electron chi connectivity index (χ3n) is 17.7. The fourth-order valence-corrected chi connectivity index (χ4v) is 15.8. The van der Waals surface area contributed by atoms with Gasteiger partial charge in [-0.2, -0.15) is 0 Å². The Morgan fingerprint density at radius 2 is 0.594 bits per heavy atom. The third-order valence-corrected chi connectivity index (χ3v) is 17.7. The van der Waals surface area contributed by atoms with E-state index < -0.39 is 0 Å². The summed E-state index contributed by atoms with van der Waals surface area (Å²) in [6.07, 6.45) is 35.9. The van der Waals surface area contributed by atoms with Gasteiger partial charge in [0.25, 0.3) is 0 Å². The summed E-state index contributed by atoms with van der Waals surface area (Å²) < 4.78 is 0. The SMILES string of the molecule is C(=Cc1ccc(C23CC4CC(C2)CC(C25CC6CC(CC(c7ccc(C=Cc8ccccc8)c(C=Cc8ccccc8)c7)(C6)C2)C5)(C4)C3)cc1C=Cc1ccccc1)c1ccccc1. The molecule has 8 aliphatic rings. The molecule has 8 saturated carbocycles. The molecule has 8 aliphatic carbocycles. The van der Waals surface area contributed by atoms with Gasteiger partial charge in [0, 0.05) is 0 Å². The van der Waals surface area contributed by atoms with E-state index in [0.717, 1.165) is 23.7 Å². The molecule has 0 amide bonds. The molecule has 0 nitrogen and oxygen atoms in total. The first kappa shape index (κ1) is 39.8. The summed E-state index contributed by atoms with van der Waals surface area (Å²) in [5.74, 6) is 3.43. The van der Waals surface area contributed by atoms with Gasteiger partial charge in [-0.25, -0.2) is 0 Å². The number of hydrogen-bond donors (Lipinski definition) is 0. The van der Waals surface area contributed by atoms with Crippen LogP contribution in [-0.4, -0.2) is 0 Å². The van der Waals surface area contributed by atoms with Crippen molar-refractivity contribution in [2.75, 3.05) is 0 Å². The first-order chi connectivity index (χ1) is 31.4. The van der Waals surface area contributed by atoms with Crippen LogP contribution >= 0.6 is 0 Å². The lowest BCUT2D eigenvalue weighted by Crippen LogP contribution is -2.66. The van der Waals surface area contributed by atoms with Crippen LogP contribution in [0.25, 0.3) is 48.6 Å². The zero-order chi connectivity index (χ0) is 42.6. The molecular weight excluding hydrogens is 769 g/mol. The molecular formula is C64H62. The van der Waals surface area contributed by atoms with E-state index in [9.17, 15) is 0 Å². The van der Waals surface area contributed by atoms with Crippen LogP contribution in [0.5, 0.6) is 0 Å². The minimum Gasteiger partial charge on any atom is -0.0622 e. The highest BCUT2D eigenvalue weighted by molar-refractivity contribution is 5.81. The molecule has 0 saturated heterocycles. The lowest BCUT2D eigenvalue weighted by molar-refractivity contribution is -0.212. The quantitative estimate of drug-likeness (QED) is 0.114. The molecule has 0 N–H and O–H groups in total. The lowest BCUT2D eigenvalue weighted by atomic mass is 9.30. The predicted octanol–water partition coefficient (Wildman–Crippen LogP) is 16.7. The Morgan fingerprint density at radius 3 is 0.906 bits per heavy atom. The first-order valence-corrected chi connectivity index (χ1v) is 24.7. The molecule has 4 atom stereocenters. The van der Waals surface area contributed by atoms with Crippen molar-refractivity contribution in [3.05, 3.63) is 213 Å². The number of hydrogen-bond acceptors (Lipinski definition) is 0. The van der Waals surface area contributed by atoms with Crippen LogP contribution in [0.3, 0.4) is 0 Å². The second-order valence-corrected chi connectivity index (χ2v) is 21.7. The van der Waals surface area contributed by atoms with E-state index in [4.69, 9.17) is 0 Å². The molecule has 4 unspecified atom stereocenters. The zero-order valence-electron chi connectivity index (χ0n) is 37.4. The van der Waals surface area contributed by atoms with Crippen molar-refractivity contribution in [1.82, 2.24) is 0 Å². The fraction of sp³-hybridized carbons (Fsp3) is 0.312. The molecule has 6 aromatic carbocycles. The topological polar surface area (TPSA) is 0 Å². The average molecular weight is 831 g/mol. The molecule has 0 aromatic heterocycles.